The van der Waals surface area contributed by atoms with E-state index in [0.717, 1.165) is 5.56 Å². The summed E-state index contributed by atoms with van der Waals surface area (Å²) in [6, 6.07) is 10.3. The molecule has 2 rings (SSSR count). The number of nitrogens with one attached hydrogen (secondary N) is 1. The normalized spacial score (nSPS) is 14.7. The Balaban J connectivity index is 2.21. The minimum absolute atomic E-state index is 0.0850. The van der Waals surface area contributed by atoms with Gasteiger partial charge >= 0.3 is 12.4 Å². The van der Waals surface area contributed by atoms with Crippen LogP contribution in [0.3, 0.4) is 0 Å². The summed E-state index contributed by atoms with van der Waals surface area (Å²) in [5.74, 6) is 0. The molecule has 0 aliphatic heterocycles. The highest BCUT2D eigenvalue weighted by Gasteiger charge is 2.37. The van der Waals surface area contributed by atoms with Gasteiger partial charge in [-0.15, -0.1) is 0 Å². The minimum Gasteiger partial charge on any atom is -0.374 e. The second kappa shape index (κ2) is 8.50. The summed E-state index contributed by atoms with van der Waals surface area (Å²) in [7, 11) is 1.67. The van der Waals surface area contributed by atoms with Gasteiger partial charge in [0.05, 0.1) is 29.9 Å². The average molecular weight is 406 g/mol. The van der Waals surface area contributed by atoms with Crippen LogP contribution in [0.5, 0.6) is 0 Å². The quantitative estimate of drug-likeness (QED) is 0.674. The van der Waals surface area contributed by atoms with E-state index in [1.165, 1.54) is 0 Å². The Bertz CT molecular complexity index is 744. The predicted molar refractivity (Wildman–Crippen MR) is 92.3 cm³/mol. The third-order valence-electron chi connectivity index (χ3n) is 4.12. The van der Waals surface area contributed by atoms with Gasteiger partial charge in [-0.1, -0.05) is 30.3 Å². The molecule has 0 aliphatic carbocycles. The predicted octanol–water partition coefficient (Wildman–Crippen LogP) is 4.31. The van der Waals surface area contributed by atoms with Gasteiger partial charge in [0.2, 0.25) is 0 Å². The van der Waals surface area contributed by atoms with E-state index < -0.39 is 35.6 Å². The lowest BCUT2D eigenvalue weighted by molar-refractivity contribution is -0.143. The molecule has 0 heterocycles. The first-order valence-corrected chi connectivity index (χ1v) is 8.31. The molecule has 0 unspecified atom stereocenters. The molecule has 9 heteroatoms. The zero-order valence-electron chi connectivity index (χ0n) is 15.0. The Hall–Kier alpha value is -2.10. The Morgan fingerprint density at radius 3 is 1.86 bits per heavy atom. The summed E-state index contributed by atoms with van der Waals surface area (Å²) in [6.45, 7) is -0.245. The molecule has 154 valence electrons. The molecule has 0 bridgehead atoms. The number of likely N-dealkylation sites (N-methyl/N-ethyl adjacent to an activating group) is 1. The van der Waals surface area contributed by atoms with Crippen molar-refractivity contribution in [1.82, 2.24) is 5.32 Å². The smallest absolute Gasteiger partial charge is 0.374 e. The first-order valence-electron chi connectivity index (χ1n) is 8.31. The lowest BCUT2D eigenvalue weighted by Gasteiger charge is -2.30. The number of benzene rings is 2. The largest absolute Gasteiger partial charge is 0.416 e. The number of rotatable bonds is 7. The van der Waals surface area contributed by atoms with Gasteiger partial charge in [-0.3, -0.25) is 0 Å². The molecule has 2 aromatic carbocycles. The molecule has 0 radical (unpaired) electrons. The molecule has 28 heavy (non-hydrogen) atoms. The average Bonchev–Trinajstić information content (AvgIpc) is 2.61. The lowest BCUT2D eigenvalue weighted by Crippen LogP contribution is -2.48. The summed E-state index contributed by atoms with van der Waals surface area (Å²) in [5, 5.41) is 2.91. The SMILES string of the molecule is CNC[C@@](N)(COCc1cc(C(F)(F)F)cc(C(F)(F)F)c1)c1ccccc1. The molecule has 0 fully saturated rings. The zero-order valence-corrected chi connectivity index (χ0v) is 15.0. The Kier molecular flexibility index (Phi) is 6.74. The van der Waals surface area contributed by atoms with Gasteiger partial charge in [0.25, 0.3) is 0 Å². The van der Waals surface area contributed by atoms with Gasteiger partial charge < -0.3 is 15.8 Å². The summed E-state index contributed by atoms with van der Waals surface area (Å²) >= 11 is 0. The van der Waals surface area contributed by atoms with Crippen molar-refractivity contribution in [3.05, 3.63) is 70.8 Å². The Labute approximate surface area is 158 Å². The van der Waals surface area contributed by atoms with E-state index >= 15 is 0 Å². The summed E-state index contributed by atoms with van der Waals surface area (Å²) in [6.07, 6.45) is -9.80. The van der Waals surface area contributed by atoms with E-state index in [1.807, 2.05) is 0 Å². The van der Waals surface area contributed by atoms with Gasteiger partial charge in [0, 0.05) is 6.54 Å². The number of halogens is 6. The number of ether oxygens (including phenoxy) is 1. The number of nitrogens with two attached hydrogens (primary N) is 1. The maximum atomic E-state index is 12.9. The van der Waals surface area contributed by atoms with Gasteiger partial charge in [0.1, 0.15) is 0 Å². The third-order valence-corrected chi connectivity index (χ3v) is 4.12. The molecule has 3 nitrogen and oxygen atoms in total. The van der Waals surface area contributed by atoms with Crippen LogP contribution in [0.4, 0.5) is 26.3 Å². The topological polar surface area (TPSA) is 47.3 Å². The van der Waals surface area contributed by atoms with Crippen LogP contribution in [0.2, 0.25) is 0 Å². The highest BCUT2D eigenvalue weighted by atomic mass is 19.4. The maximum absolute atomic E-state index is 12.9. The molecule has 0 aliphatic rings. The highest BCUT2D eigenvalue weighted by Crippen LogP contribution is 2.36. The minimum atomic E-state index is -4.90. The maximum Gasteiger partial charge on any atom is 0.416 e. The number of alkyl halides is 6. The first kappa shape index (κ1) is 22.2. The van der Waals surface area contributed by atoms with E-state index in [2.05, 4.69) is 5.32 Å². The molecule has 0 aromatic heterocycles. The number of hydrogen-bond donors (Lipinski definition) is 2. The van der Waals surface area contributed by atoms with Crippen LogP contribution >= 0.6 is 0 Å². The van der Waals surface area contributed by atoms with Crippen LogP contribution in [-0.4, -0.2) is 20.2 Å². The van der Waals surface area contributed by atoms with Crippen molar-refractivity contribution >= 4 is 0 Å². The highest BCUT2D eigenvalue weighted by molar-refractivity contribution is 5.33. The van der Waals surface area contributed by atoms with Crippen LogP contribution in [0.1, 0.15) is 22.3 Å². The van der Waals surface area contributed by atoms with Crippen molar-refractivity contribution in [2.75, 3.05) is 20.2 Å². The van der Waals surface area contributed by atoms with E-state index in [4.69, 9.17) is 10.5 Å². The molecule has 0 saturated heterocycles. The summed E-state index contributed by atoms with van der Waals surface area (Å²) in [5.41, 5.74) is 3.09. The van der Waals surface area contributed by atoms with Gasteiger partial charge in [-0.2, -0.15) is 26.3 Å². The molecule has 3 N–H and O–H groups in total. The van der Waals surface area contributed by atoms with Crippen LogP contribution in [-0.2, 0) is 29.2 Å². The van der Waals surface area contributed by atoms with Crippen LogP contribution < -0.4 is 11.1 Å². The fourth-order valence-electron chi connectivity index (χ4n) is 2.78. The Morgan fingerprint density at radius 1 is 0.857 bits per heavy atom. The van der Waals surface area contributed by atoms with Crippen LogP contribution in [0.15, 0.2) is 48.5 Å². The van der Waals surface area contributed by atoms with Gasteiger partial charge in [-0.05, 0) is 36.4 Å². The van der Waals surface area contributed by atoms with Crippen molar-refractivity contribution < 1.29 is 31.1 Å². The van der Waals surface area contributed by atoms with E-state index in [9.17, 15) is 26.3 Å². The van der Waals surface area contributed by atoms with Crippen LogP contribution in [0.25, 0.3) is 0 Å². The zero-order chi connectivity index (χ0) is 21.0. The summed E-state index contributed by atoms with van der Waals surface area (Å²) < 4.78 is 83.0. The standard InChI is InChI=1S/C19H20F6N2O/c1-27-11-17(26,14-5-3-2-4-6-14)12-28-10-13-7-15(18(20,21)22)9-16(8-13)19(23,24)25/h2-9,27H,10-12,26H2,1H3/t17-/m1/s1. The molecule has 0 spiro atoms. The van der Waals surface area contributed by atoms with Crippen molar-refractivity contribution in [1.29, 1.82) is 0 Å². The van der Waals surface area contributed by atoms with Crippen molar-refractivity contribution in [2.45, 2.75) is 24.5 Å². The molecule has 0 amide bonds. The van der Waals surface area contributed by atoms with E-state index in [1.54, 1.807) is 37.4 Å². The fourth-order valence-corrected chi connectivity index (χ4v) is 2.78. The Morgan fingerprint density at radius 2 is 1.39 bits per heavy atom. The molecule has 0 saturated carbocycles. The molecule has 2 aromatic rings. The van der Waals surface area contributed by atoms with Crippen molar-refractivity contribution in [3.8, 4) is 0 Å². The summed E-state index contributed by atoms with van der Waals surface area (Å²) in [4.78, 5) is 0. The second-order valence-electron chi connectivity index (χ2n) is 6.46. The molecular formula is C19H20F6N2O. The lowest BCUT2D eigenvalue weighted by atomic mass is 9.92. The van der Waals surface area contributed by atoms with Crippen molar-refractivity contribution in [2.24, 2.45) is 5.73 Å². The van der Waals surface area contributed by atoms with Gasteiger partial charge in [-0.25, -0.2) is 0 Å². The number of hydrogen-bond acceptors (Lipinski definition) is 3. The second-order valence-corrected chi connectivity index (χ2v) is 6.46. The monoisotopic (exact) mass is 406 g/mol. The van der Waals surface area contributed by atoms with E-state index in [0.29, 0.717) is 18.7 Å². The van der Waals surface area contributed by atoms with E-state index in [-0.39, 0.29) is 18.2 Å². The molecular weight excluding hydrogens is 386 g/mol. The fraction of sp³-hybridized carbons (Fsp3) is 0.368. The van der Waals surface area contributed by atoms with Crippen LogP contribution in [0, 0.1) is 0 Å². The first-order chi connectivity index (χ1) is 13.0. The third kappa shape index (κ3) is 5.70. The molecule has 1 atom stereocenters. The van der Waals surface area contributed by atoms with Gasteiger partial charge in [0.15, 0.2) is 0 Å². The van der Waals surface area contributed by atoms with Crippen molar-refractivity contribution in [3.63, 3.8) is 0 Å².